The molecule has 2 heteroatoms. The Morgan fingerprint density at radius 2 is 1.24 bits per heavy atom. The number of nitrogens with zero attached hydrogens (tertiary/aromatic N) is 1. The fourth-order valence-corrected chi connectivity index (χ4v) is 8.15. The number of para-hydroxylation sites is 3. The third kappa shape index (κ3) is 2.57. The van der Waals surface area contributed by atoms with E-state index in [1.54, 1.807) is 11.1 Å². The lowest BCUT2D eigenvalue weighted by Crippen LogP contribution is -2.33. The zero-order chi connectivity index (χ0) is 22.2. The summed E-state index contributed by atoms with van der Waals surface area (Å²) in [4.78, 5) is 2.59. The van der Waals surface area contributed by atoms with Crippen LogP contribution in [0.3, 0.4) is 0 Å². The van der Waals surface area contributed by atoms with Crippen molar-refractivity contribution in [2.75, 3.05) is 10.2 Å². The van der Waals surface area contributed by atoms with Crippen LogP contribution in [0.15, 0.2) is 103 Å². The molecule has 2 fully saturated rings. The Balaban J connectivity index is 0.000000117. The van der Waals surface area contributed by atoms with Crippen LogP contribution in [0.1, 0.15) is 35.8 Å². The van der Waals surface area contributed by atoms with E-state index >= 15 is 0 Å². The monoisotopic (exact) mass is 442 g/mol. The Bertz CT molecular complexity index is 1310. The molecule has 4 bridgehead atoms. The first kappa shape index (κ1) is 19.1. The number of allylic oxidation sites excluding steroid dienone is 2. The number of anilines is 3. The van der Waals surface area contributed by atoms with E-state index in [9.17, 15) is 0 Å². The molecule has 2 saturated carbocycles. The summed E-state index contributed by atoms with van der Waals surface area (Å²) >= 11 is 0. The Kier molecular flexibility index (Phi) is 4.00. The van der Waals surface area contributed by atoms with Gasteiger partial charge < -0.3 is 10.2 Å². The average Bonchev–Trinajstić information content (AvgIpc) is 3.71. The maximum atomic E-state index is 3.68. The van der Waals surface area contributed by atoms with Crippen molar-refractivity contribution in [1.82, 2.24) is 0 Å². The van der Waals surface area contributed by atoms with Crippen LogP contribution in [-0.4, -0.2) is 12.1 Å². The van der Waals surface area contributed by atoms with Crippen LogP contribution in [0.5, 0.6) is 0 Å². The molecule has 3 aromatic carbocycles. The molecule has 9 rings (SSSR count). The molecule has 0 radical (unpaired) electrons. The zero-order valence-corrected chi connectivity index (χ0v) is 19.3. The van der Waals surface area contributed by atoms with Crippen LogP contribution < -0.4 is 10.2 Å². The van der Waals surface area contributed by atoms with Gasteiger partial charge in [0.1, 0.15) is 0 Å². The Hall–Kier alpha value is -3.26. The second-order valence-electron chi connectivity index (χ2n) is 11.0. The largest absolute Gasteiger partial charge is 0.381 e. The smallest absolute Gasteiger partial charge is 0.0480 e. The summed E-state index contributed by atoms with van der Waals surface area (Å²) in [6, 6.07) is 30.0. The van der Waals surface area contributed by atoms with Gasteiger partial charge in [0.25, 0.3) is 0 Å². The third-order valence-corrected chi connectivity index (χ3v) is 9.41. The first-order valence-electron chi connectivity index (χ1n) is 13.0. The van der Waals surface area contributed by atoms with E-state index in [-0.39, 0.29) is 0 Å². The molecule has 2 heterocycles. The quantitative estimate of drug-likeness (QED) is 0.399. The molecule has 0 spiro atoms. The van der Waals surface area contributed by atoms with Gasteiger partial charge in [0, 0.05) is 41.0 Å². The van der Waals surface area contributed by atoms with Gasteiger partial charge in [0.2, 0.25) is 0 Å². The number of nitrogens with one attached hydrogen (secondary N) is 1. The second kappa shape index (κ2) is 7.12. The van der Waals surface area contributed by atoms with Crippen LogP contribution in [0.2, 0.25) is 0 Å². The molecule has 0 aromatic heterocycles. The van der Waals surface area contributed by atoms with Gasteiger partial charge in [0.05, 0.1) is 0 Å². The van der Waals surface area contributed by atoms with Crippen LogP contribution in [-0.2, 0) is 0 Å². The Morgan fingerprint density at radius 1 is 0.588 bits per heavy atom. The molecule has 8 atom stereocenters. The highest BCUT2D eigenvalue weighted by molar-refractivity contribution is 5.74. The average molecular weight is 443 g/mol. The van der Waals surface area contributed by atoms with Crippen molar-refractivity contribution in [2.24, 2.45) is 23.7 Å². The SMILES string of the molecule is C1=CC2CC1C1Nc3ccccc3C21.C1=CC2CC1C1c3ccccc3N(c3ccccc3)C21. The van der Waals surface area contributed by atoms with Crippen molar-refractivity contribution >= 4 is 17.1 Å². The van der Waals surface area contributed by atoms with E-state index in [1.165, 1.54) is 29.9 Å². The van der Waals surface area contributed by atoms with Crippen molar-refractivity contribution in [3.63, 3.8) is 0 Å². The molecule has 1 N–H and O–H groups in total. The summed E-state index contributed by atoms with van der Waals surface area (Å²) in [6.45, 7) is 0. The van der Waals surface area contributed by atoms with Crippen LogP contribution in [0.4, 0.5) is 17.1 Å². The molecule has 34 heavy (non-hydrogen) atoms. The molecule has 168 valence electrons. The van der Waals surface area contributed by atoms with E-state index in [4.69, 9.17) is 0 Å². The maximum absolute atomic E-state index is 3.68. The summed E-state index contributed by atoms with van der Waals surface area (Å²) in [5.74, 6) is 4.53. The minimum atomic E-state index is 0.629. The third-order valence-electron chi connectivity index (χ3n) is 9.41. The number of hydrogen-bond acceptors (Lipinski definition) is 2. The molecule has 2 aliphatic heterocycles. The van der Waals surface area contributed by atoms with Crippen molar-refractivity contribution in [2.45, 2.75) is 36.8 Å². The van der Waals surface area contributed by atoms with Gasteiger partial charge in [-0.2, -0.15) is 0 Å². The molecule has 8 unspecified atom stereocenters. The lowest BCUT2D eigenvalue weighted by molar-refractivity contribution is 0.528. The summed E-state index contributed by atoms with van der Waals surface area (Å²) in [6.07, 6.45) is 12.5. The lowest BCUT2D eigenvalue weighted by atomic mass is 9.86. The minimum Gasteiger partial charge on any atom is -0.381 e. The normalized spacial score (nSPS) is 35.9. The van der Waals surface area contributed by atoms with E-state index in [0.29, 0.717) is 18.0 Å². The molecule has 4 aliphatic carbocycles. The van der Waals surface area contributed by atoms with Crippen molar-refractivity contribution in [3.8, 4) is 0 Å². The van der Waals surface area contributed by atoms with Crippen molar-refractivity contribution < 1.29 is 0 Å². The Morgan fingerprint density at radius 3 is 2.12 bits per heavy atom. The van der Waals surface area contributed by atoms with E-state index in [0.717, 1.165) is 29.6 Å². The standard InChI is InChI=1S/C19H17N.C13H13N/c1-2-6-15(7-3-1)20-17-9-5-4-8-16(17)18-13-10-11-14(12-13)19(18)20;1-2-4-11-10(3-1)12-8-5-6-9(7-8)13(12)14-11/h1-11,13-14,18-19H,12H2;1-6,8-9,12-14H,7H2. The minimum absolute atomic E-state index is 0.629. The lowest BCUT2D eigenvalue weighted by Gasteiger charge is -2.31. The fourth-order valence-electron chi connectivity index (χ4n) is 8.15. The van der Waals surface area contributed by atoms with Crippen LogP contribution in [0.25, 0.3) is 0 Å². The van der Waals surface area contributed by atoms with E-state index in [1.807, 2.05) is 0 Å². The van der Waals surface area contributed by atoms with Gasteiger partial charge in [-0.1, -0.05) is 78.9 Å². The summed E-state index contributed by atoms with van der Waals surface area (Å²) < 4.78 is 0. The fraction of sp³-hybridized carbons (Fsp3) is 0.312. The van der Waals surface area contributed by atoms with Gasteiger partial charge in [0.15, 0.2) is 0 Å². The first-order valence-corrected chi connectivity index (χ1v) is 13.0. The Labute approximate surface area is 202 Å². The molecule has 0 saturated heterocycles. The highest BCUT2D eigenvalue weighted by atomic mass is 15.2. The topological polar surface area (TPSA) is 15.3 Å². The molecular formula is C32H30N2. The highest BCUT2D eigenvalue weighted by Gasteiger charge is 2.53. The molecule has 0 amide bonds. The number of benzene rings is 3. The maximum Gasteiger partial charge on any atom is 0.0480 e. The second-order valence-corrected chi connectivity index (χ2v) is 11.0. The summed E-state index contributed by atoms with van der Waals surface area (Å²) in [7, 11) is 0. The van der Waals surface area contributed by atoms with Gasteiger partial charge in [-0.05, 0) is 71.9 Å². The number of hydrogen-bond donors (Lipinski definition) is 1. The van der Waals surface area contributed by atoms with Crippen LogP contribution >= 0.6 is 0 Å². The zero-order valence-electron chi connectivity index (χ0n) is 19.3. The molecule has 2 nitrogen and oxygen atoms in total. The summed E-state index contributed by atoms with van der Waals surface area (Å²) in [5.41, 5.74) is 7.24. The number of fused-ring (bicyclic) bond motifs is 14. The highest BCUT2D eigenvalue weighted by Crippen LogP contribution is 2.59. The van der Waals surface area contributed by atoms with Gasteiger partial charge in [-0.15, -0.1) is 0 Å². The van der Waals surface area contributed by atoms with Gasteiger partial charge in [-0.25, -0.2) is 0 Å². The van der Waals surface area contributed by atoms with Gasteiger partial charge in [-0.3, -0.25) is 0 Å². The molecular weight excluding hydrogens is 412 g/mol. The summed E-state index contributed by atoms with van der Waals surface area (Å²) in [5, 5.41) is 3.68. The number of rotatable bonds is 1. The molecule has 6 aliphatic rings. The predicted molar refractivity (Wildman–Crippen MR) is 140 cm³/mol. The first-order chi connectivity index (χ1) is 16.9. The van der Waals surface area contributed by atoms with E-state index < -0.39 is 0 Å². The predicted octanol–water partition coefficient (Wildman–Crippen LogP) is 7.27. The van der Waals surface area contributed by atoms with Crippen LogP contribution in [0, 0.1) is 23.7 Å². The van der Waals surface area contributed by atoms with E-state index in [2.05, 4.69) is 113 Å². The van der Waals surface area contributed by atoms with Crippen molar-refractivity contribution in [3.05, 3.63) is 114 Å². The van der Waals surface area contributed by atoms with Gasteiger partial charge >= 0.3 is 0 Å². The van der Waals surface area contributed by atoms with Crippen molar-refractivity contribution in [1.29, 1.82) is 0 Å². The molecule has 3 aromatic rings.